The van der Waals surface area contributed by atoms with E-state index in [2.05, 4.69) is 21.8 Å². The lowest BCUT2D eigenvalue weighted by Crippen LogP contribution is -2.49. The Labute approximate surface area is 254 Å². The van der Waals surface area contributed by atoms with Gasteiger partial charge in [0.1, 0.15) is 5.75 Å². The number of nitrogens with zero attached hydrogens (tertiary/aromatic N) is 1. The Morgan fingerprint density at radius 1 is 1.10 bits per heavy atom. The fourth-order valence-electron chi connectivity index (χ4n) is 7.41. The number of aryl methyl sites for hydroxylation is 1. The van der Waals surface area contributed by atoms with Crippen molar-refractivity contribution in [1.29, 1.82) is 0 Å². The van der Waals surface area contributed by atoms with Gasteiger partial charge in [-0.1, -0.05) is 43.7 Å². The van der Waals surface area contributed by atoms with E-state index in [4.69, 9.17) is 16.3 Å². The SMILES string of the molecule is C[C@@H]1[C@@H](C)S(=O)(=O)NC(=O)c2ccc3c(c2)N(C[C@@H]2CC[C@H]2[C@H](O)/C=C/[C@@H]1C)C[C@@]1(CCCc2cc(Cl)ccc21)CO3. The monoisotopic (exact) mass is 612 g/mol. The van der Waals surface area contributed by atoms with Gasteiger partial charge in [-0.05, 0) is 104 Å². The Morgan fingerprint density at radius 2 is 1.90 bits per heavy atom. The van der Waals surface area contributed by atoms with Crippen molar-refractivity contribution in [3.05, 3.63) is 70.3 Å². The molecule has 1 fully saturated rings. The van der Waals surface area contributed by atoms with E-state index in [9.17, 15) is 18.3 Å². The summed E-state index contributed by atoms with van der Waals surface area (Å²) >= 11 is 6.39. The molecule has 226 valence electrons. The molecule has 6 rings (SSSR count). The molecule has 9 heteroatoms. The standard InChI is InChI=1S/C33H41ClN2O5S/c1-20-6-12-30(37)27-10-7-25(27)17-36-18-33(14-4-5-23-15-26(34)9-11-28(23)33)19-41-31-13-8-24(16-29(31)36)32(38)35-42(39,40)22(3)21(20)2/h6,8-9,11-13,15-16,20-22,25,27,30,37H,4-5,7,10,14,17-19H2,1-3H3,(H,35,38)/b12-6+/t20-,21-,22+,25-,27+,30+,33-/m0/s1. The molecule has 7 nitrogen and oxygen atoms in total. The zero-order valence-corrected chi connectivity index (χ0v) is 26.1. The first-order valence-electron chi connectivity index (χ1n) is 15.2. The van der Waals surface area contributed by atoms with Crippen molar-refractivity contribution in [3.63, 3.8) is 0 Å². The number of halogens is 1. The van der Waals surface area contributed by atoms with Crippen LogP contribution in [0.5, 0.6) is 5.75 Å². The average molecular weight is 613 g/mol. The van der Waals surface area contributed by atoms with Crippen molar-refractivity contribution in [1.82, 2.24) is 4.72 Å². The van der Waals surface area contributed by atoms with Gasteiger partial charge in [0, 0.05) is 29.1 Å². The summed E-state index contributed by atoms with van der Waals surface area (Å²) in [6.07, 6.45) is 8.11. The molecule has 0 aromatic heterocycles. The van der Waals surface area contributed by atoms with E-state index < -0.39 is 27.3 Å². The zero-order valence-electron chi connectivity index (χ0n) is 24.6. The van der Waals surface area contributed by atoms with Crippen LogP contribution in [-0.4, -0.2) is 50.5 Å². The van der Waals surface area contributed by atoms with Gasteiger partial charge in [0.2, 0.25) is 10.0 Å². The van der Waals surface area contributed by atoms with Gasteiger partial charge in [-0.3, -0.25) is 4.79 Å². The molecular formula is C33H41ClN2O5S. The predicted octanol–water partition coefficient (Wildman–Crippen LogP) is 5.49. The summed E-state index contributed by atoms with van der Waals surface area (Å²) in [5.41, 5.74) is 3.32. The van der Waals surface area contributed by atoms with Gasteiger partial charge in [0.05, 0.1) is 23.6 Å². The van der Waals surface area contributed by atoms with Crippen molar-refractivity contribution in [2.75, 3.05) is 24.6 Å². The van der Waals surface area contributed by atoms with Crippen LogP contribution in [-0.2, 0) is 21.9 Å². The average Bonchev–Trinajstić information content (AvgIpc) is 3.09. The van der Waals surface area contributed by atoms with Crippen LogP contribution >= 0.6 is 11.6 Å². The van der Waals surface area contributed by atoms with Crippen molar-refractivity contribution < 1.29 is 23.1 Å². The minimum atomic E-state index is -3.94. The second kappa shape index (κ2) is 11.2. The largest absolute Gasteiger partial charge is 0.490 e. The molecule has 0 radical (unpaired) electrons. The maximum Gasteiger partial charge on any atom is 0.264 e. The molecule has 2 heterocycles. The smallest absolute Gasteiger partial charge is 0.264 e. The maximum absolute atomic E-state index is 13.4. The van der Waals surface area contributed by atoms with Crippen LogP contribution in [0.2, 0.25) is 5.02 Å². The third kappa shape index (κ3) is 5.35. The summed E-state index contributed by atoms with van der Waals surface area (Å²) in [4.78, 5) is 15.7. The van der Waals surface area contributed by atoms with Crippen LogP contribution in [0, 0.1) is 23.7 Å². The van der Waals surface area contributed by atoms with E-state index >= 15 is 0 Å². The molecule has 2 bridgehead atoms. The molecule has 2 aromatic rings. The lowest BCUT2D eigenvalue weighted by atomic mass is 9.68. The number of sulfonamides is 1. The number of carbonyl (C=O) groups is 1. The number of aliphatic hydroxyl groups excluding tert-OH is 1. The Hall–Kier alpha value is -2.55. The summed E-state index contributed by atoms with van der Waals surface area (Å²) in [5, 5.41) is 11.1. The predicted molar refractivity (Wildman–Crippen MR) is 166 cm³/mol. The summed E-state index contributed by atoms with van der Waals surface area (Å²) in [5.74, 6) is 0.0790. The molecule has 1 amide bonds. The number of hydrogen-bond acceptors (Lipinski definition) is 6. The Balaban J connectivity index is 1.43. The van der Waals surface area contributed by atoms with E-state index in [1.54, 1.807) is 25.1 Å². The first kappa shape index (κ1) is 29.5. The number of rotatable bonds is 0. The number of anilines is 1. The number of hydrogen-bond donors (Lipinski definition) is 2. The normalized spacial score (nSPS) is 35.1. The van der Waals surface area contributed by atoms with Gasteiger partial charge >= 0.3 is 0 Å². The van der Waals surface area contributed by atoms with Gasteiger partial charge < -0.3 is 14.7 Å². The van der Waals surface area contributed by atoms with Gasteiger partial charge in [0.15, 0.2) is 0 Å². The number of nitrogens with one attached hydrogen (secondary N) is 1. The van der Waals surface area contributed by atoms with E-state index in [0.717, 1.165) is 42.8 Å². The van der Waals surface area contributed by atoms with Crippen LogP contribution in [0.15, 0.2) is 48.6 Å². The molecule has 1 saturated carbocycles. The molecule has 7 atom stereocenters. The minimum Gasteiger partial charge on any atom is -0.490 e. The summed E-state index contributed by atoms with van der Waals surface area (Å²) in [6, 6.07) is 11.4. The number of benzene rings is 2. The fourth-order valence-corrected chi connectivity index (χ4v) is 8.98. The molecule has 4 aliphatic rings. The minimum absolute atomic E-state index is 0.0962. The van der Waals surface area contributed by atoms with E-state index in [0.29, 0.717) is 25.4 Å². The van der Waals surface area contributed by atoms with Crippen LogP contribution < -0.4 is 14.4 Å². The lowest BCUT2D eigenvalue weighted by Gasteiger charge is -2.45. The summed E-state index contributed by atoms with van der Waals surface area (Å²) in [7, 11) is -3.94. The molecule has 0 saturated heterocycles. The first-order valence-corrected chi connectivity index (χ1v) is 17.1. The third-order valence-corrected chi connectivity index (χ3v) is 12.7. The fraction of sp³-hybridized carbons (Fsp3) is 0.545. The summed E-state index contributed by atoms with van der Waals surface area (Å²) in [6.45, 7) is 7.36. The van der Waals surface area contributed by atoms with E-state index in [1.807, 2.05) is 32.1 Å². The second-order valence-corrected chi connectivity index (χ2v) is 15.5. The number of fused-ring (bicyclic) bond motifs is 4. The topological polar surface area (TPSA) is 95.9 Å². The maximum atomic E-state index is 13.4. The van der Waals surface area contributed by atoms with Crippen molar-refractivity contribution in [2.45, 2.75) is 69.6 Å². The van der Waals surface area contributed by atoms with Crippen molar-refractivity contribution in [3.8, 4) is 5.75 Å². The van der Waals surface area contributed by atoms with Gasteiger partial charge in [-0.15, -0.1) is 0 Å². The number of ether oxygens (including phenoxy) is 1. The number of aliphatic hydroxyl groups is 1. The van der Waals surface area contributed by atoms with Crippen molar-refractivity contribution in [2.24, 2.45) is 23.7 Å². The van der Waals surface area contributed by atoms with Crippen molar-refractivity contribution >= 4 is 33.2 Å². The van der Waals surface area contributed by atoms with Crippen LogP contribution in [0.4, 0.5) is 5.69 Å². The highest BCUT2D eigenvalue weighted by Gasteiger charge is 2.44. The second-order valence-electron chi connectivity index (χ2n) is 13.1. The van der Waals surface area contributed by atoms with Gasteiger partial charge in [-0.2, -0.15) is 0 Å². The highest BCUT2D eigenvalue weighted by Crippen LogP contribution is 2.46. The molecule has 1 spiro atoms. The molecule has 2 N–H and O–H groups in total. The van der Waals surface area contributed by atoms with E-state index in [-0.39, 0.29) is 34.7 Å². The highest BCUT2D eigenvalue weighted by molar-refractivity contribution is 7.90. The van der Waals surface area contributed by atoms with E-state index in [1.165, 1.54) is 11.1 Å². The highest BCUT2D eigenvalue weighted by atomic mass is 35.5. The van der Waals surface area contributed by atoms with Gasteiger partial charge in [-0.25, -0.2) is 13.1 Å². The quantitative estimate of drug-likeness (QED) is 0.382. The Bertz CT molecular complexity index is 1510. The molecule has 0 unspecified atom stereocenters. The molecule has 42 heavy (non-hydrogen) atoms. The summed E-state index contributed by atoms with van der Waals surface area (Å²) < 4.78 is 35.4. The first-order chi connectivity index (χ1) is 20.0. The lowest BCUT2D eigenvalue weighted by molar-refractivity contribution is 0.0454. The van der Waals surface area contributed by atoms with Crippen LogP contribution in [0.1, 0.15) is 67.9 Å². The Morgan fingerprint density at radius 3 is 2.67 bits per heavy atom. The molecule has 2 aromatic carbocycles. The molecule has 2 aliphatic heterocycles. The zero-order chi connectivity index (χ0) is 29.8. The molecule has 2 aliphatic carbocycles. The Kier molecular flexibility index (Phi) is 7.86. The number of allylic oxidation sites excluding steroid dienone is 1. The molecular weight excluding hydrogens is 572 g/mol. The van der Waals surface area contributed by atoms with Crippen LogP contribution in [0.3, 0.4) is 0 Å². The third-order valence-electron chi connectivity index (χ3n) is 10.6. The number of carbonyl (C=O) groups excluding carboxylic acids is 1. The van der Waals surface area contributed by atoms with Crippen LogP contribution in [0.25, 0.3) is 0 Å². The number of amides is 1. The van der Waals surface area contributed by atoms with Gasteiger partial charge in [0.25, 0.3) is 5.91 Å².